The van der Waals surface area contributed by atoms with Gasteiger partial charge in [0.2, 0.25) is 5.66 Å². The van der Waals surface area contributed by atoms with Crippen molar-refractivity contribution in [2.24, 2.45) is 0 Å². The Labute approximate surface area is 175 Å². The average Bonchev–Trinajstić information content (AvgIpc) is 3.24. The van der Waals surface area contributed by atoms with Crippen LogP contribution in [-0.2, 0) is 10.5 Å². The lowest BCUT2D eigenvalue weighted by Crippen LogP contribution is -2.53. The molecule has 3 heterocycles. The van der Waals surface area contributed by atoms with Gasteiger partial charge in [-0.05, 0) is 56.7 Å². The van der Waals surface area contributed by atoms with Crippen LogP contribution in [0.4, 0.5) is 11.4 Å². The molecule has 0 radical (unpaired) electrons. The summed E-state index contributed by atoms with van der Waals surface area (Å²) in [6, 6.07) is 20.5. The predicted octanol–water partition coefficient (Wildman–Crippen LogP) is 4.81. The van der Waals surface area contributed by atoms with Crippen LogP contribution in [0, 0.1) is 13.8 Å². The van der Waals surface area contributed by atoms with E-state index in [0.717, 1.165) is 50.5 Å². The number of imidazole rings is 1. The van der Waals surface area contributed by atoms with Gasteiger partial charge in [-0.25, -0.2) is 4.98 Å². The Bertz CT molecular complexity index is 1370. The molecule has 6 rings (SSSR count). The number of para-hydroxylation sites is 3. The zero-order valence-corrected chi connectivity index (χ0v) is 17.2. The van der Waals surface area contributed by atoms with Gasteiger partial charge in [-0.15, -0.1) is 0 Å². The second-order valence-corrected chi connectivity index (χ2v) is 8.17. The summed E-state index contributed by atoms with van der Waals surface area (Å²) in [5.41, 5.74) is 6.97. The minimum absolute atomic E-state index is 0.0348. The van der Waals surface area contributed by atoms with Gasteiger partial charge < -0.3 is 10.2 Å². The molecule has 1 N–H and O–H groups in total. The third-order valence-electron chi connectivity index (χ3n) is 6.36. The van der Waals surface area contributed by atoms with E-state index in [-0.39, 0.29) is 5.91 Å². The highest BCUT2D eigenvalue weighted by Crippen LogP contribution is 2.51. The second kappa shape index (κ2) is 5.72. The molecular weight excluding hydrogens is 372 g/mol. The Hall–Kier alpha value is -3.60. The van der Waals surface area contributed by atoms with Crippen LogP contribution in [-0.4, -0.2) is 22.0 Å². The lowest BCUT2D eigenvalue weighted by atomic mass is 9.92. The van der Waals surface area contributed by atoms with E-state index >= 15 is 0 Å². The zero-order valence-electron chi connectivity index (χ0n) is 17.2. The van der Waals surface area contributed by atoms with Gasteiger partial charge >= 0.3 is 0 Å². The van der Waals surface area contributed by atoms with Crippen molar-refractivity contribution in [3.8, 4) is 11.4 Å². The number of nitrogens with one attached hydrogen (secondary N) is 1. The van der Waals surface area contributed by atoms with E-state index < -0.39 is 5.66 Å². The molecule has 3 aromatic carbocycles. The van der Waals surface area contributed by atoms with Gasteiger partial charge in [-0.3, -0.25) is 9.36 Å². The van der Waals surface area contributed by atoms with E-state index in [1.54, 1.807) is 0 Å². The topological polar surface area (TPSA) is 50.2 Å². The van der Waals surface area contributed by atoms with E-state index in [1.807, 2.05) is 54.3 Å². The number of likely N-dealkylation sites (N-methyl/N-ethyl adjacent to an activating group) is 1. The smallest absolute Gasteiger partial charge is 0.279 e. The molecule has 1 aromatic heterocycles. The molecule has 4 aromatic rings. The lowest BCUT2D eigenvalue weighted by molar-refractivity contribution is -0.123. The van der Waals surface area contributed by atoms with Crippen LogP contribution in [0.15, 0.2) is 60.7 Å². The summed E-state index contributed by atoms with van der Waals surface area (Å²) in [6.07, 6.45) is 0. The zero-order chi connectivity index (χ0) is 20.6. The Morgan fingerprint density at radius 1 is 1.03 bits per heavy atom. The number of carbonyl (C=O) groups excluding carboxylic acids is 1. The van der Waals surface area contributed by atoms with Gasteiger partial charge in [-0.2, -0.15) is 0 Å². The van der Waals surface area contributed by atoms with Crippen molar-refractivity contribution in [2.75, 3.05) is 16.8 Å². The minimum atomic E-state index is -1.05. The van der Waals surface area contributed by atoms with E-state index in [4.69, 9.17) is 4.98 Å². The summed E-state index contributed by atoms with van der Waals surface area (Å²) in [4.78, 5) is 21.0. The first-order chi connectivity index (χ1) is 14.6. The number of rotatable bonds is 1. The normalized spacial score (nSPS) is 19.0. The van der Waals surface area contributed by atoms with Gasteiger partial charge in [-0.1, -0.05) is 35.9 Å². The van der Waals surface area contributed by atoms with Crippen LogP contribution in [0.3, 0.4) is 0 Å². The highest BCUT2D eigenvalue weighted by molar-refractivity contribution is 6.12. The number of benzene rings is 3. The molecule has 1 amide bonds. The number of hydrogen-bond donors (Lipinski definition) is 1. The SMILES string of the molecule is CCN1C(=O)C2(Nc3ccccc3-c3nc4ccccc4n32)c2cc(C)cc(C)c21. The van der Waals surface area contributed by atoms with Crippen molar-refractivity contribution in [3.05, 3.63) is 77.4 Å². The summed E-state index contributed by atoms with van der Waals surface area (Å²) in [5.74, 6) is 0.856. The lowest BCUT2D eigenvalue weighted by Gasteiger charge is -2.38. The van der Waals surface area contributed by atoms with Crippen molar-refractivity contribution < 1.29 is 4.79 Å². The first-order valence-corrected chi connectivity index (χ1v) is 10.4. The molecule has 5 heteroatoms. The van der Waals surface area contributed by atoms with Crippen LogP contribution in [0.1, 0.15) is 23.6 Å². The number of aromatic nitrogens is 2. The Morgan fingerprint density at radius 3 is 2.63 bits per heavy atom. The maximum atomic E-state index is 14.2. The first-order valence-electron chi connectivity index (χ1n) is 10.4. The van der Waals surface area contributed by atoms with E-state index in [0.29, 0.717) is 6.54 Å². The summed E-state index contributed by atoms with van der Waals surface area (Å²) < 4.78 is 2.11. The van der Waals surface area contributed by atoms with Gasteiger partial charge in [0.15, 0.2) is 0 Å². The third-order valence-corrected chi connectivity index (χ3v) is 6.36. The van der Waals surface area contributed by atoms with Crippen LogP contribution in [0.2, 0.25) is 0 Å². The molecule has 0 saturated carbocycles. The number of nitrogens with zero attached hydrogens (tertiary/aromatic N) is 3. The summed E-state index contributed by atoms with van der Waals surface area (Å²) in [5, 5.41) is 3.66. The first kappa shape index (κ1) is 17.3. The van der Waals surface area contributed by atoms with Crippen LogP contribution >= 0.6 is 0 Å². The van der Waals surface area contributed by atoms with E-state index in [1.165, 1.54) is 0 Å². The van der Waals surface area contributed by atoms with E-state index in [2.05, 4.69) is 41.9 Å². The summed E-state index contributed by atoms with van der Waals surface area (Å²) >= 11 is 0. The molecule has 0 bridgehead atoms. The molecule has 1 atom stereocenters. The molecular formula is C25H22N4O. The molecule has 0 aliphatic carbocycles. The maximum Gasteiger partial charge on any atom is 0.279 e. The molecule has 1 unspecified atom stereocenters. The molecule has 1 spiro atoms. The highest BCUT2D eigenvalue weighted by Gasteiger charge is 2.56. The van der Waals surface area contributed by atoms with Gasteiger partial charge in [0.25, 0.3) is 5.91 Å². The van der Waals surface area contributed by atoms with Crippen LogP contribution in [0.5, 0.6) is 0 Å². The number of hydrogen-bond acceptors (Lipinski definition) is 3. The van der Waals surface area contributed by atoms with Crippen LogP contribution in [0.25, 0.3) is 22.4 Å². The quantitative estimate of drug-likeness (QED) is 0.504. The van der Waals surface area contributed by atoms with Gasteiger partial charge in [0.05, 0.1) is 16.7 Å². The molecule has 30 heavy (non-hydrogen) atoms. The van der Waals surface area contributed by atoms with Crippen molar-refractivity contribution in [3.63, 3.8) is 0 Å². The number of carbonyl (C=O) groups is 1. The Balaban J connectivity index is 1.81. The molecule has 0 saturated heterocycles. The second-order valence-electron chi connectivity index (χ2n) is 8.17. The molecule has 0 fully saturated rings. The Kier molecular flexibility index (Phi) is 3.30. The predicted molar refractivity (Wildman–Crippen MR) is 120 cm³/mol. The summed E-state index contributed by atoms with van der Waals surface area (Å²) in [7, 11) is 0. The average molecular weight is 394 g/mol. The number of fused-ring (bicyclic) bond motifs is 8. The highest BCUT2D eigenvalue weighted by atomic mass is 16.2. The molecule has 5 nitrogen and oxygen atoms in total. The number of aryl methyl sites for hydroxylation is 2. The third kappa shape index (κ3) is 1.92. The fraction of sp³-hybridized carbons (Fsp3) is 0.200. The van der Waals surface area contributed by atoms with E-state index in [9.17, 15) is 4.79 Å². The number of anilines is 2. The van der Waals surface area contributed by atoms with Gasteiger partial charge in [0.1, 0.15) is 5.82 Å². The van der Waals surface area contributed by atoms with Crippen molar-refractivity contribution >= 4 is 28.3 Å². The van der Waals surface area contributed by atoms with Gasteiger partial charge in [0, 0.05) is 23.4 Å². The standard InChI is InChI=1S/C25H22N4O/c1-4-28-22-16(3)13-15(2)14-18(22)25(24(28)30)27-19-10-6-5-9-17(19)23-26-20-11-7-8-12-21(20)29(23)25/h5-14,27H,4H2,1-3H3. The number of amides is 1. The maximum absolute atomic E-state index is 14.2. The van der Waals surface area contributed by atoms with Crippen LogP contribution < -0.4 is 10.2 Å². The Morgan fingerprint density at radius 2 is 1.80 bits per heavy atom. The molecule has 2 aliphatic heterocycles. The van der Waals surface area contributed by atoms with Crippen molar-refractivity contribution in [2.45, 2.75) is 26.4 Å². The monoisotopic (exact) mass is 394 g/mol. The fourth-order valence-corrected chi connectivity index (χ4v) is 5.23. The van der Waals surface area contributed by atoms with Crippen molar-refractivity contribution in [1.29, 1.82) is 0 Å². The molecule has 148 valence electrons. The minimum Gasteiger partial charge on any atom is -0.350 e. The van der Waals surface area contributed by atoms with Crippen molar-refractivity contribution in [1.82, 2.24) is 9.55 Å². The largest absolute Gasteiger partial charge is 0.350 e. The molecule has 2 aliphatic rings. The fourth-order valence-electron chi connectivity index (χ4n) is 5.23. The summed E-state index contributed by atoms with van der Waals surface area (Å²) in [6.45, 7) is 6.82.